The van der Waals surface area contributed by atoms with Crippen LogP contribution in [-0.4, -0.2) is 25.8 Å². The molecule has 0 aliphatic carbocycles. The summed E-state index contributed by atoms with van der Waals surface area (Å²) >= 11 is 1.49. The zero-order valence-corrected chi connectivity index (χ0v) is 15.5. The number of thiazole rings is 1. The Morgan fingerprint density at radius 3 is 2.41 bits per heavy atom. The number of rotatable bonds is 7. The number of ether oxygens (including phenoxy) is 3. The third kappa shape index (κ3) is 4.83. The smallest absolute Gasteiger partial charge is 0.387 e. The maximum absolute atomic E-state index is 12.5. The summed E-state index contributed by atoms with van der Waals surface area (Å²) < 4.78 is 39.7. The summed E-state index contributed by atoms with van der Waals surface area (Å²) in [5.74, 6) is 1.03. The van der Waals surface area contributed by atoms with Gasteiger partial charge in [-0.3, -0.25) is 0 Å². The molecule has 1 heterocycles. The first-order chi connectivity index (χ1) is 13.1. The highest BCUT2D eigenvalue weighted by atomic mass is 32.1. The van der Waals surface area contributed by atoms with E-state index in [0.29, 0.717) is 5.56 Å². The van der Waals surface area contributed by atoms with E-state index in [1.54, 1.807) is 25.3 Å². The molecule has 0 aliphatic heterocycles. The summed E-state index contributed by atoms with van der Waals surface area (Å²) in [6.07, 6.45) is 3.61. The Morgan fingerprint density at radius 1 is 0.963 bits per heavy atom. The van der Waals surface area contributed by atoms with Gasteiger partial charge >= 0.3 is 6.61 Å². The van der Waals surface area contributed by atoms with Crippen molar-refractivity contribution in [3.8, 4) is 28.5 Å². The van der Waals surface area contributed by atoms with Crippen molar-refractivity contribution in [2.24, 2.45) is 0 Å². The lowest BCUT2D eigenvalue weighted by molar-refractivity contribution is -0.0512. The van der Waals surface area contributed by atoms with Gasteiger partial charge < -0.3 is 14.2 Å². The van der Waals surface area contributed by atoms with Crippen molar-refractivity contribution < 1.29 is 23.0 Å². The fourth-order valence-corrected chi connectivity index (χ4v) is 3.13. The van der Waals surface area contributed by atoms with Crippen LogP contribution in [0.15, 0.2) is 47.8 Å². The molecule has 4 nitrogen and oxygen atoms in total. The van der Waals surface area contributed by atoms with Gasteiger partial charge in [-0.05, 0) is 48.0 Å². The van der Waals surface area contributed by atoms with Crippen molar-refractivity contribution >= 4 is 23.5 Å². The Labute approximate surface area is 159 Å². The highest BCUT2D eigenvalue weighted by molar-refractivity contribution is 7.10. The van der Waals surface area contributed by atoms with Gasteiger partial charge in [0.1, 0.15) is 10.8 Å². The largest absolute Gasteiger partial charge is 0.497 e. The van der Waals surface area contributed by atoms with Crippen LogP contribution in [0.5, 0.6) is 17.2 Å². The topological polar surface area (TPSA) is 40.6 Å². The van der Waals surface area contributed by atoms with Crippen molar-refractivity contribution in [3.05, 3.63) is 58.4 Å². The summed E-state index contributed by atoms with van der Waals surface area (Å²) in [5, 5.41) is 2.76. The lowest BCUT2D eigenvalue weighted by Crippen LogP contribution is -2.03. The van der Waals surface area contributed by atoms with Crippen LogP contribution in [0.1, 0.15) is 10.6 Å². The molecule has 0 N–H and O–H groups in total. The highest BCUT2D eigenvalue weighted by Gasteiger charge is 2.10. The van der Waals surface area contributed by atoms with Crippen molar-refractivity contribution in [2.45, 2.75) is 6.61 Å². The number of hydrogen-bond donors (Lipinski definition) is 0. The number of aromatic nitrogens is 1. The van der Waals surface area contributed by atoms with E-state index in [1.165, 1.54) is 24.5 Å². The van der Waals surface area contributed by atoms with Crippen molar-refractivity contribution in [2.75, 3.05) is 14.2 Å². The zero-order valence-electron chi connectivity index (χ0n) is 14.7. The number of halogens is 2. The molecule has 0 amide bonds. The minimum Gasteiger partial charge on any atom is -0.497 e. The predicted molar refractivity (Wildman–Crippen MR) is 103 cm³/mol. The average Bonchev–Trinajstić information content (AvgIpc) is 3.15. The normalized spacial score (nSPS) is 11.1. The second-order valence-corrected chi connectivity index (χ2v) is 6.31. The van der Waals surface area contributed by atoms with E-state index in [9.17, 15) is 8.78 Å². The molecule has 0 saturated heterocycles. The SMILES string of the molecule is COc1ccc(-c2csc(/C=C/c3ccc(OC)c(OC(F)F)c3)n2)cc1. The monoisotopic (exact) mass is 389 g/mol. The summed E-state index contributed by atoms with van der Waals surface area (Å²) in [6.45, 7) is -2.91. The fraction of sp³-hybridized carbons (Fsp3) is 0.150. The van der Waals surface area contributed by atoms with E-state index in [-0.39, 0.29) is 11.5 Å². The van der Waals surface area contributed by atoms with E-state index >= 15 is 0 Å². The lowest BCUT2D eigenvalue weighted by Gasteiger charge is -2.10. The quantitative estimate of drug-likeness (QED) is 0.527. The molecule has 0 fully saturated rings. The van der Waals surface area contributed by atoms with E-state index in [0.717, 1.165) is 22.0 Å². The predicted octanol–water partition coefficient (Wildman–Crippen LogP) is 5.60. The molecule has 3 aromatic rings. The van der Waals surface area contributed by atoms with Gasteiger partial charge in [-0.2, -0.15) is 8.78 Å². The van der Waals surface area contributed by atoms with E-state index < -0.39 is 6.61 Å². The molecule has 0 radical (unpaired) electrons. The van der Waals surface area contributed by atoms with Crippen LogP contribution in [0.3, 0.4) is 0 Å². The van der Waals surface area contributed by atoms with Crippen LogP contribution < -0.4 is 14.2 Å². The van der Waals surface area contributed by atoms with Gasteiger partial charge in [0.2, 0.25) is 0 Å². The Balaban J connectivity index is 1.77. The van der Waals surface area contributed by atoms with Gasteiger partial charge in [0.25, 0.3) is 0 Å². The van der Waals surface area contributed by atoms with Gasteiger partial charge in [-0.1, -0.05) is 12.1 Å². The summed E-state index contributed by atoms with van der Waals surface area (Å²) in [4.78, 5) is 4.57. The van der Waals surface area contributed by atoms with E-state index in [2.05, 4.69) is 9.72 Å². The van der Waals surface area contributed by atoms with Gasteiger partial charge in [-0.15, -0.1) is 11.3 Å². The van der Waals surface area contributed by atoms with Crippen molar-refractivity contribution in [3.63, 3.8) is 0 Å². The Kier molecular flexibility index (Phi) is 6.03. The number of methoxy groups -OCH3 is 2. The summed E-state index contributed by atoms with van der Waals surface area (Å²) in [6, 6.07) is 12.5. The van der Waals surface area contributed by atoms with Gasteiger partial charge in [0.15, 0.2) is 11.5 Å². The molecule has 3 rings (SSSR count). The number of hydrogen-bond acceptors (Lipinski definition) is 5. The van der Waals surface area contributed by atoms with Crippen molar-refractivity contribution in [1.82, 2.24) is 4.98 Å². The molecular formula is C20H17F2NO3S. The second kappa shape index (κ2) is 8.64. The second-order valence-electron chi connectivity index (χ2n) is 5.42. The molecule has 2 aromatic carbocycles. The lowest BCUT2D eigenvalue weighted by atomic mass is 10.1. The third-order valence-corrected chi connectivity index (χ3v) is 4.54. The van der Waals surface area contributed by atoms with Crippen LogP contribution in [-0.2, 0) is 0 Å². The molecule has 27 heavy (non-hydrogen) atoms. The fourth-order valence-electron chi connectivity index (χ4n) is 2.41. The van der Waals surface area contributed by atoms with Gasteiger partial charge in [0.05, 0.1) is 19.9 Å². The number of benzene rings is 2. The summed E-state index contributed by atoms with van der Waals surface area (Å²) in [7, 11) is 3.02. The molecular weight excluding hydrogens is 372 g/mol. The third-order valence-electron chi connectivity index (χ3n) is 3.73. The highest BCUT2D eigenvalue weighted by Crippen LogP contribution is 2.30. The minimum absolute atomic E-state index is 0.00675. The Morgan fingerprint density at radius 2 is 1.74 bits per heavy atom. The van der Waals surface area contributed by atoms with Crippen molar-refractivity contribution in [1.29, 1.82) is 0 Å². The Hall–Kier alpha value is -2.93. The van der Waals surface area contributed by atoms with Crippen LogP contribution in [0.4, 0.5) is 8.78 Å². The van der Waals surface area contributed by atoms with E-state index in [1.807, 2.05) is 35.7 Å². The molecule has 0 saturated carbocycles. The molecule has 0 atom stereocenters. The first-order valence-electron chi connectivity index (χ1n) is 8.00. The number of nitrogens with zero attached hydrogens (tertiary/aromatic N) is 1. The van der Waals surface area contributed by atoms with Gasteiger partial charge in [0, 0.05) is 10.9 Å². The molecule has 0 spiro atoms. The molecule has 0 bridgehead atoms. The van der Waals surface area contributed by atoms with Crippen LogP contribution in [0.2, 0.25) is 0 Å². The molecule has 1 aromatic heterocycles. The van der Waals surface area contributed by atoms with Gasteiger partial charge in [-0.25, -0.2) is 4.98 Å². The Bertz CT molecular complexity index is 923. The maximum atomic E-state index is 12.5. The first-order valence-corrected chi connectivity index (χ1v) is 8.88. The zero-order chi connectivity index (χ0) is 19.2. The molecule has 140 valence electrons. The molecule has 7 heteroatoms. The van der Waals surface area contributed by atoms with Crippen LogP contribution >= 0.6 is 11.3 Å². The summed E-state index contributed by atoms with van der Waals surface area (Å²) in [5.41, 5.74) is 2.55. The number of alkyl halides is 2. The molecule has 0 unspecified atom stereocenters. The standard InChI is InChI=1S/C20H17F2NO3S/c1-24-15-7-5-14(6-8-15)16-12-27-19(23-16)10-4-13-3-9-17(25-2)18(11-13)26-20(21)22/h3-12,20H,1-2H3/b10-4+. The first kappa shape index (κ1) is 18.8. The average molecular weight is 389 g/mol. The molecule has 0 aliphatic rings. The minimum atomic E-state index is -2.91. The van der Waals surface area contributed by atoms with Crippen LogP contribution in [0.25, 0.3) is 23.4 Å². The van der Waals surface area contributed by atoms with E-state index in [4.69, 9.17) is 9.47 Å². The van der Waals surface area contributed by atoms with Crippen LogP contribution in [0, 0.1) is 0 Å². The maximum Gasteiger partial charge on any atom is 0.387 e.